The number of allylic oxidation sites excluding steroid dienone is 8. The molecular formula is C50H40B. The Morgan fingerprint density at radius 1 is 0.627 bits per heavy atom. The van der Waals surface area contributed by atoms with Gasteiger partial charge >= 0.3 is 0 Å². The Morgan fingerprint density at radius 2 is 1.31 bits per heavy atom. The van der Waals surface area contributed by atoms with E-state index in [9.17, 15) is 0 Å². The fourth-order valence-corrected chi connectivity index (χ4v) is 11.1. The van der Waals surface area contributed by atoms with Gasteiger partial charge in [0.15, 0.2) is 0 Å². The lowest BCUT2D eigenvalue weighted by molar-refractivity contribution is 0.562. The Bertz CT molecular complexity index is 2580. The number of benzene rings is 6. The van der Waals surface area contributed by atoms with E-state index < -0.39 is 0 Å². The molecule has 0 amide bonds. The van der Waals surface area contributed by atoms with Gasteiger partial charge < -0.3 is 0 Å². The molecule has 51 heavy (non-hydrogen) atoms. The molecule has 0 saturated carbocycles. The van der Waals surface area contributed by atoms with Gasteiger partial charge in [-0.25, -0.2) is 0 Å². The lowest BCUT2D eigenvalue weighted by Gasteiger charge is -2.34. The molecule has 1 heterocycles. The van der Waals surface area contributed by atoms with Crippen molar-refractivity contribution in [2.24, 2.45) is 11.8 Å². The van der Waals surface area contributed by atoms with Gasteiger partial charge in [0.05, 0.1) is 0 Å². The average molecular weight is 652 g/mol. The summed E-state index contributed by atoms with van der Waals surface area (Å²) in [5.74, 6) is 1.97. The van der Waals surface area contributed by atoms with Crippen molar-refractivity contribution in [2.45, 2.75) is 51.2 Å². The summed E-state index contributed by atoms with van der Waals surface area (Å²) in [7, 11) is 2.72. The van der Waals surface area contributed by atoms with Gasteiger partial charge in [-0.3, -0.25) is 0 Å². The minimum atomic E-state index is 0.444. The molecule has 243 valence electrons. The molecule has 0 aromatic heterocycles. The summed E-state index contributed by atoms with van der Waals surface area (Å²) >= 11 is 0. The largest absolute Gasteiger partial charge is 0.121 e. The molecule has 1 heteroatoms. The Morgan fingerprint density at radius 3 is 2.06 bits per heavy atom. The van der Waals surface area contributed by atoms with E-state index in [0.29, 0.717) is 23.6 Å². The average Bonchev–Trinajstić information content (AvgIpc) is 3.88. The number of hydrogen-bond acceptors (Lipinski definition) is 0. The highest BCUT2D eigenvalue weighted by Crippen LogP contribution is 2.67. The Balaban J connectivity index is 1.29. The SMILES string of the molecule is CCC1=C(C2=CC=C3c4c(c(-c5ccccc5)c5c(cc6c7c(cccc75)-c5ccccc5-6)c4-c4ccccc4)C4C[B]C2C34)C(CC)CC=C1. The van der Waals surface area contributed by atoms with Crippen LogP contribution >= 0.6 is 0 Å². The third-order valence-corrected chi connectivity index (χ3v) is 13.1. The van der Waals surface area contributed by atoms with Crippen LogP contribution in [0.3, 0.4) is 0 Å². The molecule has 1 radical (unpaired) electrons. The van der Waals surface area contributed by atoms with Gasteiger partial charge in [-0.1, -0.05) is 148 Å². The van der Waals surface area contributed by atoms with E-state index in [0.717, 1.165) is 19.2 Å². The van der Waals surface area contributed by atoms with E-state index in [1.165, 1.54) is 78.0 Å². The molecule has 0 nitrogen and oxygen atoms in total. The van der Waals surface area contributed by atoms with Crippen LogP contribution in [0.25, 0.3) is 71.6 Å². The number of fused-ring (bicyclic) bond motifs is 8. The maximum Gasteiger partial charge on any atom is 0.121 e. The fourth-order valence-electron chi connectivity index (χ4n) is 11.1. The predicted octanol–water partition coefficient (Wildman–Crippen LogP) is 13.6. The van der Waals surface area contributed by atoms with Gasteiger partial charge in [-0.15, -0.1) is 0 Å². The van der Waals surface area contributed by atoms with Crippen LogP contribution in [0.1, 0.15) is 50.2 Å². The molecule has 1 fully saturated rings. The van der Waals surface area contributed by atoms with Crippen molar-refractivity contribution >= 4 is 34.4 Å². The summed E-state index contributed by atoms with van der Waals surface area (Å²) in [6, 6.07) is 41.4. The third kappa shape index (κ3) is 3.98. The second kappa shape index (κ2) is 11.2. The summed E-state index contributed by atoms with van der Waals surface area (Å²) in [5, 5.41) is 5.59. The monoisotopic (exact) mass is 651 g/mol. The van der Waals surface area contributed by atoms with Crippen molar-refractivity contribution in [1.82, 2.24) is 0 Å². The molecule has 5 aliphatic rings. The first-order chi connectivity index (χ1) is 25.3. The zero-order valence-corrected chi connectivity index (χ0v) is 29.4. The quantitative estimate of drug-likeness (QED) is 0.128. The van der Waals surface area contributed by atoms with Crippen LogP contribution in [0.4, 0.5) is 0 Å². The highest BCUT2D eigenvalue weighted by molar-refractivity contribution is 6.42. The van der Waals surface area contributed by atoms with Gasteiger partial charge in [-0.05, 0) is 148 Å². The molecule has 11 rings (SSSR count). The smallest absolute Gasteiger partial charge is 0.0836 e. The van der Waals surface area contributed by atoms with E-state index in [-0.39, 0.29) is 0 Å². The molecule has 1 saturated heterocycles. The topological polar surface area (TPSA) is 0 Å². The minimum Gasteiger partial charge on any atom is -0.0836 e. The van der Waals surface area contributed by atoms with Crippen LogP contribution in [-0.2, 0) is 0 Å². The lowest BCUT2D eigenvalue weighted by atomic mass is 9.56. The van der Waals surface area contributed by atoms with Crippen molar-refractivity contribution in [1.29, 1.82) is 0 Å². The first-order valence-corrected chi connectivity index (χ1v) is 19.2. The van der Waals surface area contributed by atoms with E-state index in [2.05, 4.69) is 155 Å². The summed E-state index contributed by atoms with van der Waals surface area (Å²) in [6.45, 7) is 4.73. The van der Waals surface area contributed by atoms with Crippen molar-refractivity contribution in [3.63, 3.8) is 0 Å². The first-order valence-electron chi connectivity index (χ1n) is 19.2. The summed E-state index contributed by atoms with van der Waals surface area (Å²) in [6.07, 6.45) is 14.6. The van der Waals surface area contributed by atoms with Crippen LogP contribution in [-0.4, -0.2) is 7.28 Å². The van der Waals surface area contributed by atoms with Crippen LogP contribution in [0.15, 0.2) is 150 Å². The van der Waals surface area contributed by atoms with Crippen molar-refractivity contribution in [3.05, 3.63) is 161 Å². The molecule has 4 unspecified atom stereocenters. The van der Waals surface area contributed by atoms with Crippen LogP contribution < -0.4 is 0 Å². The zero-order valence-electron chi connectivity index (χ0n) is 29.4. The molecule has 4 atom stereocenters. The molecular weight excluding hydrogens is 611 g/mol. The second-order valence-electron chi connectivity index (χ2n) is 15.3. The molecule has 4 aliphatic carbocycles. The Kier molecular flexibility index (Phi) is 6.49. The number of rotatable bonds is 5. The standard InChI is InChI=1S/C50H40B/c1-3-29-19-13-20-30(4-2)42(29)38-26-25-37-47-41(28-51-50(38)47)49-44(32-17-9-6-10-18-32)46-36-24-14-23-35-33-21-11-12-22-34(33)39(45(35)36)27-40(46)43(48(37)49)31-15-7-5-8-16-31/h5-19,21-27,30,41,47,50H,3-4,20,28H2,1-2H3. The van der Waals surface area contributed by atoms with Crippen LogP contribution in [0.5, 0.6) is 0 Å². The van der Waals surface area contributed by atoms with Gasteiger partial charge in [0.25, 0.3) is 0 Å². The van der Waals surface area contributed by atoms with Crippen LogP contribution in [0, 0.1) is 11.8 Å². The van der Waals surface area contributed by atoms with Crippen molar-refractivity contribution < 1.29 is 0 Å². The van der Waals surface area contributed by atoms with Gasteiger partial charge in [0, 0.05) is 0 Å². The fraction of sp³-hybridized carbons (Fsp3) is 0.200. The van der Waals surface area contributed by atoms with E-state index in [1.54, 1.807) is 27.9 Å². The molecule has 1 aliphatic heterocycles. The summed E-state index contributed by atoms with van der Waals surface area (Å²) in [4.78, 5) is 0. The van der Waals surface area contributed by atoms with E-state index in [4.69, 9.17) is 0 Å². The minimum absolute atomic E-state index is 0.444. The molecule has 0 N–H and O–H groups in total. The normalized spacial score (nSPS) is 22.2. The first kappa shape index (κ1) is 29.6. The van der Waals surface area contributed by atoms with Gasteiger partial charge in [-0.2, -0.15) is 0 Å². The Hall–Kier alpha value is -5.14. The highest BCUT2D eigenvalue weighted by atomic mass is 14.5. The summed E-state index contributed by atoms with van der Waals surface area (Å²) < 4.78 is 0. The second-order valence-corrected chi connectivity index (χ2v) is 15.3. The van der Waals surface area contributed by atoms with Crippen molar-refractivity contribution in [2.75, 3.05) is 0 Å². The summed E-state index contributed by atoms with van der Waals surface area (Å²) in [5.41, 5.74) is 20.4. The maximum atomic E-state index is 2.72. The third-order valence-electron chi connectivity index (χ3n) is 13.1. The molecule has 6 aromatic rings. The Labute approximate surface area is 302 Å². The van der Waals surface area contributed by atoms with Gasteiger partial charge in [0.2, 0.25) is 0 Å². The van der Waals surface area contributed by atoms with Crippen molar-refractivity contribution in [3.8, 4) is 44.5 Å². The molecule has 0 spiro atoms. The predicted molar refractivity (Wildman–Crippen MR) is 218 cm³/mol. The van der Waals surface area contributed by atoms with Gasteiger partial charge in [0.1, 0.15) is 7.28 Å². The van der Waals surface area contributed by atoms with E-state index in [1.807, 2.05) is 0 Å². The number of hydrogen-bond donors (Lipinski definition) is 0. The van der Waals surface area contributed by atoms with E-state index >= 15 is 0 Å². The lowest BCUT2D eigenvalue weighted by Crippen LogP contribution is -2.20. The zero-order chi connectivity index (χ0) is 33.8. The maximum absolute atomic E-state index is 2.72. The highest BCUT2D eigenvalue weighted by Gasteiger charge is 2.51. The molecule has 0 bridgehead atoms. The molecule has 6 aromatic carbocycles. The van der Waals surface area contributed by atoms with Crippen LogP contribution in [0.2, 0.25) is 12.1 Å².